The molecule has 0 saturated carbocycles. The van der Waals surface area contributed by atoms with Gasteiger partial charge in [-0.1, -0.05) is 0 Å². The van der Waals surface area contributed by atoms with Crippen molar-refractivity contribution in [3.05, 3.63) is 0 Å². The van der Waals surface area contributed by atoms with E-state index < -0.39 is 0 Å². The molecule has 0 aliphatic heterocycles. The van der Waals surface area contributed by atoms with Crippen LogP contribution in [0.1, 0.15) is 20.8 Å². The Morgan fingerprint density at radius 1 is 1.32 bits per heavy atom. The molecule has 0 aromatic carbocycles. The predicted molar refractivity (Wildman–Crippen MR) is 73.2 cm³/mol. The number of nitrogens with zero attached hydrogens (tertiary/aromatic N) is 5. The van der Waals surface area contributed by atoms with E-state index in [0.717, 1.165) is 0 Å². The topological polar surface area (TPSA) is 87.0 Å². The summed E-state index contributed by atoms with van der Waals surface area (Å²) in [6, 6.07) is 2.46. The number of nitrogens with one attached hydrogen (secondary N) is 1. The first-order valence-electron chi connectivity index (χ1n) is 6.17. The number of hydrogen-bond donors (Lipinski definition) is 1. The maximum atomic E-state index is 8.84. The molecule has 1 aromatic rings. The summed E-state index contributed by atoms with van der Waals surface area (Å²) in [5.41, 5.74) is 0. The summed E-state index contributed by atoms with van der Waals surface area (Å²) in [7, 11) is 3.57. The normalized spacial score (nSPS) is 11.8. The van der Waals surface area contributed by atoms with Gasteiger partial charge in [0.25, 0.3) is 0 Å². The van der Waals surface area contributed by atoms with Crippen LogP contribution in [0.5, 0.6) is 6.01 Å². The number of ether oxygens (including phenoxy) is 1. The fourth-order valence-electron chi connectivity index (χ4n) is 1.43. The summed E-state index contributed by atoms with van der Waals surface area (Å²) in [6.07, 6.45) is -0.0108. The van der Waals surface area contributed by atoms with E-state index in [4.69, 9.17) is 10.00 Å². The van der Waals surface area contributed by atoms with Crippen molar-refractivity contribution in [2.75, 3.05) is 30.9 Å². The lowest BCUT2D eigenvalue weighted by Crippen LogP contribution is -2.26. The molecule has 0 spiro atoms. The van der Waals surface area contributed by atoms with Gasteiger partial charge >= 0.3 is 6.01 Å². The van der Waals surface area contributed by atoms with E-state index in [1.807, 2.05) is 32.7 Å². The number of nitriles is 1. The second-order valence-electron chi connectivity index (χ2n) is 4.57. The summed E-state index contributed by atoms with van der Waals surface area (Å²) in [4.78, 5) is 14.4. The van der Waals surface area contributed by atoms with Crippen LogP contribution in [0, 0.1) is 17.2 Å². The minimum absolute atomic E-state index is 0.0108. The van der Waals surface area contributed by atoms with Gasteiger partial charge in [-0.05, 0) is 20.8 Å². The van der Waals surface area contributed by atoms with Crippen molar-refractivity contribution >= 4 is 11.9 Å². The van der Waals surface area contributed by atoms with Crippen LogP contribution in [0.15, 0.2) is 0 Å². The fourth-order valence-corrected chi connectivity index (χ4v) is 1.43. The lowest BCUT2D eigenvalue weighted by atomic mass is 10.2. The quantitative estimate of drug-likeness (QED) is 0.828. The van der Waals surface area contributed by atoms with E-state index >= 15 is 0 Å². The Morgan fingerprint density at radius 2 is 2.00 bits per heavy atom. The van der Waals surface area contributed by atoms with Gasteiger partial charge in [0.2, 0.25) is 11.9 Å². The minimum atomic E-state index is -0.103. The Hall–Kier alpha value is -2.10. The van der Waals surface area contributed by atoms with E-state index in [2.05, 4.69) is 26.3 Å². The molecule has 0 fully saturated rings. The molecule has 1 rings (SSSR count). The van der Waals surface area contributed by atoms with E-state index in [1.54, 1.807) is 7.05 Å². The Kier molecular flexibility index (Phi) is 5.30. The highest BCUT2D eigenvalue weighted by Crippen LogP contribution is 2.15. The van der Waals surface area contributed by atoms with Crippen LogP contribution in [0.3, 0.4) is 0 Å². The van der Waals surface area contributed by atoms with Crippen LogP contribution in [0.25, 0.3) is 0 Å². The first-order valence-corrected chi connectivity index (χ1v) is 6.17. The largest absolute Gasteiger partial charge is 0.461 e. The maximum absolute atomic E-state index is 8.84. The molecule has 1 unspecified atom stereocenters. The summed E-state index contributed by atoms with van der Waals surface area (Å²) in [6.45, 7) is 6.21. The molecule has 1 N–H and O–H groups in total. The third-order valence-electron chi connectivity index (χ3n) is 2.28. The van der Waals surface area contributed by atoms with Gasteiger partial charge < -0.3 is 15.0 Å². The molecule has 0 saturated heterocycles. The van der Waals surface area contributed by atoms with Crippen LogP contribution in [0.2, 0.25) is 0 Å². The molecular formula is C12H20N6O. The minimum Gasteiger partial charge on any atom is -0.461 e. The molecule has 0 amide bonds. The molecule has 1 aromatic heterocycles. The van der Waals surface area contributed by atoms with Gasteiger partial charge in [0.15, 0.2) is 0 Å². The van der Waals surface area contributed by atoms with Gasteiger partial charge in [-0.2, -0.15) is 20.2 Å². The van der Waals surface area contributed by atoms with Crippen molar-refractivity contribution in [3.8, 4) is 12.1 Å². The van der Waals surface area contributed by atoms with Crippen LogP contribution in [-0.2, 0) is 0 Å². The van der Waals surface area contributed by atoms with E-state index in [0.29, 0.717) is 18.4 Å². The van der Waals surface area contributed by atoms with Crippen molar-refractivity contribution in [2.24, 2.45) is 5.92 Å². The number of aromatic nitrogens is 3. The highest BCUT2D eigenvalue weighted by atomic mass is 16.5. The molecule has 7 heteroatoms. The number of anilines is 2. The van der Waals surface area contributed by atoms with Crippen LogP contribution < -0.4 is 15.0 Å². The van der Waals surface area contributed by atoms with E-state index in [1.165, 1.54) is 0 Å². The van der Waals surface area contributed by atoms with Crippen molar-refractivity contribution in [3.63, 3.8) is 0 Å². The molecule has 1 heterocycles. The molecule has 0 aliphatic rings. The summed E-state index contributed by atoms with van der Waals surface area (Å²) in [5, 5.41) is 11.7. The average molecular weight is 264 g/mol. The monoisotopic (exact) mass is 264 g/mol. The van der Waals surface area contributed by atoms with Gasteiger partial charge in [0.05, 0.1) is 18.1 Å². The average Bonchev–Trinajstić information content (AvgIpc) is 2.37. The van der Waals surface area contributed by atoms with Gasteiger partial charge in [-0.3, -0.25) is 0 Å². The molecule has 1 atom stereocenters. The van der Waals surface area contributed by atoms with Gasteiger partial charge in [-0.25, -0.2) is 0 Å². The molecular weight excluding hydrogens is 244 g/mol. The SMILES string of the molecule is CNc1nc(OC(C)C)nc(N(C)CC(C)C#N)n1. The zero-order valence-electron chi connectivity index (χ0n) is 12.0. The van der Waals surface area contributed by atoms with Crippen molar-refractivity contribution in [1.29, 1.82) is 5.26 Å². The van der Waals surface area contributed by atoms with Crippen LogP contribution >= 0.6 is 0 Å². The van der Waals surface area contributed by atoms with Gasteiger partial charge in [0.1, 0.15) is 0 Å². The second kappa shape index (κ2) is 6.73. The Labute approximate surface area is 113 Å². The van der Waals surface area contributed by atoms with Crippen molar-refractivity contribution in [2.45, 2.75) is 26.9 Å². The summed E-state index contributed by atoms with van der Waals surface area (Å²) in [5.74, 6) is 0.823. The first-order chi connectivity index (χ1) is 8.96. The van der Waals surface area contributed by atoms with Gasteiger partial charge in [-0.15, -0.1) is 0 Å². The molecule has 0 aliphatic carbocycles. The van der Waals surface area contributed by atoms with Crippen molar-refractivity contribution in [1.82, 2.24) is 15.0 Å². The molecule has 104 valence electrons. The third kappa shape index (κ3) is 4.58. The van der Waals surface area contributed by atoms with Gasteiger partial charge in [0, 0.05) is 20.6 Å². The predicted octanol–water partition coefficient (Wildman–Crippen LogP) is 1.30. The molecule has 0 radical (unpaired) electrons. The Bertz CT molecular complexity index is 456. The maximum Gasteiger partial charge on any atom is 0.323 e. The summed E-state index contributed by atoms with van der Waals surface area (Å²) < 4.78 is 5.48. The summed E-state index contributed by atoms with van der Waals surface area (Å²) >= 11 is 0. The zero-order valence-corrected chi connectivity index (χ0v) is 12.0. The Morgan fingerprint density at radius 3 is 2.53 bits per heavy atom. The highest BCUT2D eigenvalue weighted by molar-refractivity contribution is 5.37. The van der Waals surface area contributed by atoms with Crippen molar-refractivity contribution < 1.29 is 4.74 Å². The number of rotatable bonds is 6. The standard InChI is InChI=1S/C12H20N6O/c1-8(2)19-12-16-10(14-4)15-11(17-12)18(5)7-9(3)6-13/h8-9H,7H2,1-5H3,(H,14,15,16,17). The zero-order chi connectivity index (χ0) is 14.4. The third-order valence-corrected chi connectivity index (χ3v) is 2.28. The number of hydrogen-bond acceptors (Lipinski definition) is 7. The van der Waals surface area contributed by atoms with Crippen LogP contribution in [0.4, 0.5) is 11.9 Å². The van der Waals surface area contributed by atoms with E-state index in [9.17, 15) is 0 Å². The highest BCUT2D eigenvalue weighted by Gasteiger charge is 2.13. The lowest BCUT2D eigenvalue weighted by molar-refractivity contribution is 0.222. The molecule has 7 nitrogen and oxygen atoms in total. The first kappa shape index (κ1) is 15.0. The van der Waals surface area contributed by atoms with Crippen LogP contribution in [-0.4, -0.2) is 41.7 Å². The second-order valence-corrected chi connectivity index (χ2v) is 4.57. The smallest absolute Gasteiger partial charge is 0.323 e. The Balaban J connectivity index is 2.96. The molecule has 0 bridgehead atoms. The van der Waals surface area contributed by atoms with E-state index in [-0.39, 0.29) is 18.0 Å². The fraction of sp³-hybridized carbons (Fsp3) is 0.667. The lowest BCUT2D eigenvalue weighted by Gasteiger charge is -2.19. The molecule has 19 heavy (non-hydrogen) atoms.